The largest absolute Gasteiger partial charge is 0.330 e. The van der Waals surface area contributed by atoms with Gasteiger partial charge in [0.15, 0.2) is 0 Å². The van der Waals surface area contributed by atoms with Crippen molar-refractivity contribution in [3.05, 3.63) is 105 Å². The Labute approximate surface area is 206 Å². The van der Waals surface area contributed by atoms with E-state index in [4.69, 9.17) is 4.99 Å². The van der Waals surface area contributed by atoms with Crippen molar-refractivity contribution in [3.63, 3.8) is 0 Å². The normalized spacial score (nSPS) is 21.2. The number of rotatable bonds is 3. The van der Waals surface area contributed by atoms with Crippen molar-refractivity contribution < 1.29 is 9.18 Å². The van der Waals surface area contributed by atoms with E-state index >= 15 is 0 Å². The van der Waals surface area contributed by atoms with Crippen molar-refractivity contribution in [1.29, 1.82) is 0 Å². The van der Waals surface area contributed by atoms with Crippen LogP contribution in [0, 0.1) is 11.7 Å². The standard InChI is InChI=1S/C28H23BrFN3O/c1-17-22-5-3-2-4-18(22)10-12-32(17)28(34)25-16-26(19-6-7-19)33-13-11-20(14-27(33)31-25)23-9-8-21(29)15-24(23)30/h2-5,8-9,13-17,19H,6-7,10,12H2,1H3/t17-/m1/s1. The Morgan fingerprint density at radius 3 is 2.79 bits per heavy atom. The van der Waals surface area contributed by atoms with E-state index in [0.717, 1.165) is 25.0 Å². The summed E-state index contributed by atoms with van der Waals surface area (Å²) in [5, 5.41) is 0. The van der Waals surface area contributed by atoms with E-state index < -0.39 is 0 Å². The molecule has 1 fully saturated rings. The predicted molar refractivity (Wildman–Crippen MR) is 134 cm³/mol. The lowest BCUT2D eigenvalue weighted by Gasteiger charge is -2.36. The number of amides is 1. The molecular formula is C28H23BrFN3O. The zero-order chi connectivity index (χ0) is 23.4. The molecule has 1 amide bonds. The Kier molecular flexibility index (Phi) is 5.16. The Bertz CT molecular complexity index is 1380. The van der Waals surface area contributed by atoms with Crippen molar-refractivity contribution in [2.45, 2.75) is 32.2 Å². The van der Waals surface area contributed by atoms with Gasteiger partial charge in [0, 0.05) is 27.9 Å². The Morgan fingerprint density at radius 1 is 1.18 bits per heavy atom. The fourth-order valence-corrected chi connectivity index (χ4v) is 5.29. The minimum Gasteiger partial charge on any atom is -0.330 e. The summed E-state index contributed by atoms with van der Waals surface area (Å²) in [4.78, 5) is 22.4. The van der Waals surface area contributed by atoms with Crippen LogP contribution >= 0.6 is 15.9 Å². The van der Waals surface area contributed by atoms with Gasteiger partial charge in [0.2, 0.25) is 0 Å². The lowest BCUT2D eigenvalue weighted by atomic mass is 9.93. The molecule has 2 aromatic carbocycles. The lowest BCUT2D eigenvalue weighted by Crippen LogP contribution is -2.43. The second kappa shape index (κ2) is 8.23. The van der Waals surface area contributed by atoms with Crippen molar-refractivity contribution in [3.8, 4) is 0 Å². The highest BCUT2D eigenvalue weighted by Crippen LogP contribution is 2.43. The smallest absolute Gasteiger partial charge is 0.273 e. The first kappa shape index (κ1) is 21.3. The Balaban J connectivity index is 1.37. The highest BCUT2D eigenvalue weighted by atomic mass is 79.9. The van der Waals surface area contributed by atoms with E-state index in [9.17, 15) is 9.18 Å². The summed E-state index contributed by atoms with van der Waals surface area (Å²) in [6, 6.07) is 13.3. The summed E-state index contributed by atoms with van der Waals surface area (Å²) in [7, 11) is 0. The molecule has 0 unspecified atom stereocenters. The van der Waals surface area contributed by atoms with Crippen LogP contribution in [-0.2, 0) is 11.2 Å². The second-order valence-electron chi connectivity index (χ2n) is 9.15. The van der Waals surface area contributed by atoms with Crippen LogP contribution in [0.4, 0.5) is 4.39 Å². The van der Waals surface area contributed by atoms with E-state index in [1.165, 1.54) is 17.2 Å². The first-order valence-electron chi connectivity index (χ1n) is 11.6. The summed E-state index contributed by atoms with van der Waals surface area (Å²) in [6.07, 6.45) is 8.61. The van der Waals surface area contributed by atoms with Crippen LogP contribution in [0.3, 0.4) is 0 Å². The lowest BCUT2D eigenvalue weighted by molar-refractivity contribution is -0.126. The molecule has 1 aliphatic carbocycles. The fraction of sp³-hybridized carbons (Fsp3) is 0.250. The molecule has 4 nitrogen and oxygen atoms in total. The minimum absolute atomic E-state index is 0.0106. The van der Waals surface area contributed by atoms with E-state index in [0.29, 0.717) is 39.6 Å². The van der Waals surface area contributed by atoms with Gasteiger partial charge in [-0.2, -0.15) is 0 Å². The number of allylic oxidation sites excluding steroid dienone is 3. The zero-order valence-electron chi connectivity index (χ0n) is 18.8. The molecule has 170 valence electrons. The quantitative estimate of drug-likeness (QED) is 0.460. The van der Waals surface area contributed by atoms with Gasteiger partial charge in [0.05, 0.1) is 12.2 Å². The zero-order valence-corrected chi connectivity index (χ0v) is 20.3. The molecule has 0 spiro atoms. The molecule has 34 heavy (non-hydrogen) atoms. The SMILES string of the molecule is C[C@@H]1c2ccccc2CCN1C(=O)C1=NC2=CC(c3ccc(Br)cc3F)=C=CN2C(C2CC2)=C1. The predicted octanol–water partition coefficient (Wildman–Crippen LogP) is 6.14. The van der Waals surface area contributed by atoms with E-state index in [2.05, 4.69) is 46.8 Å². The molecule has 0 aromatic heterocycles. The molecule has 0 radical (unpaired) electrons. The molecule has 0 bridgehead atoms. The van der Waals surface area contributed by atoms with Gasteiger partial charge in [-0.05, 0) is 73.6 Å². The van der Waals surface area contributed by atoms with Gasteiger partial charge >= 0.3 is 0 Å². The summed E-state index contributed by atoms with van der Waals surface area (Å²) < 4.78 is 15.3. The van der Waals surface area contributed by atoms with Gasteiger partial charge in [0.25, 0.3) is 5.91 Å². The van der Waals surface area contributed by atoms with Gasteiger partial charge in [-0.25, -0.2) is 9.38 Å². The molecule has 3 heterocycles. The van der Waals surface area contributed by atoms with Crippen molar-refractivity contribution in [2.24, 2.45) is 10.9 Å². The molecule has 6 heteroatoms. The molecule has 0 N–H and O–H groups in total. The van der Waals surface area contributed by atoms with Crippen LogP contribution in [-0.4, -0.2) is 28.0 Å². The third kappa shape index (κ3) is 3.67. The first-order chi connectivity index (χ1) is 16.5. The number of hydrogen-bond acceptors (Lipinski definition) is 3. The number of aliphatic imine (C=N–C) groups is 1. The van der Waals surface area contributed by atoms with Gasteiger partial charge < -0.3 is 4.90 Å². The van der Waals surface area contributed by atoms with Crippen LogP contribution in [0.1, 0.15) is 42.5 Å². The van der Waals surface area contributed by atoms with E-state index in [1.54, 1.807) is 6.07 Å². The monoisotopic (exact) mass is 515 g/mol. The molecule has 6 rings (SSSR count). The number of benzene rings is 2. The van der Waals surface area contributed by atoms with Gasteiger partial charge in [-0.15, -0.1) is 0 Å². The van der Waals surface area contributed by atoms with Gasteiger partial charge in [-0.1, -0.05) is 45.9 Å². The molecule has 3 aliphatic heterocycles. The Morgan fingerprint density at radius 2 is 2.00 bits per heavy atom. The van der Waals surface area contributed by atoms with Crippen molar-refractivity contribution in [2.75, 3.05) is 6.54 Å². The highest BCUT2D eigenvalue weighted by molar-refractivity contribution is 9.10. The maximum atomic E-state index is 14.6. The van der Waals surface area contributed by atoms with E-state index in [1.807, 2.05) is 40.3 Å². The van der Waals surface area contributed by atoms with Crippen LogP contribution in [0.2, 0.25) is 0 Å². The molecule has 0 saturated heterocycles. The van der Waals surface area contributed by atoms with E-state index in [-0.39, 0.29) is 17.8 Å². The highest BCUT2D eigenvalue weighted by Gasteiger charge is 2.37. The molecule has 2 aromatic rings. The van der Waals surface area contributed by atoms with Crippen LogP contribution in [0.5, 0.6) is 0 Å². The minimum atomic E-state index is -0.328. The first-order valence-corrected chi connectivity index (χ1v) is 12.4. The molecule has 1 saturated carbocycles. The third-order valence-corrected chi connectivity index (χ3v) is 7.45. The maximum absolute atomic E-state index is 14.6. The summed E-state index contributed by atoms with van der Waals surface area (Å²) in [6.45, 7) is 2.75. The fourth-order valence-electron chi connectivity index (χ4n) is 4.96. The Hall–Kier alpha value is -3.21. The number of carbonyl (C=O) groups is 1. The number of nitrogens with zero attached hydrogens (tertiary/aromatic N) is 3. The average molecular weight is 516 g/mol. The number of carbonyl (C=O) groups excluding carboxylic acids is 1. The van der Waals surface area contributed by atoms with Crippen LogP contribution < -0.4 is 0 Å². The van der Waals surface area contributed by atoms with Crippen LogP contribution in [0.15, 0.2) is 87.5 Å². The summed E-state index contributed by atoms with van der Waals surface area (Å²) in [5.74, 6) is 0.653. The second-order valence-corrected chi connectivity index (χ2v) is 10.1. The topological polar surface area (TPSA) is 35.9 Å². The molecule has 4 aliphatic rings. The van der Waals surface area contributed by atoms with Gasteiger partial charge in [-0.3, -0.25) is 9.69 Å². The average Bonchev–Trinajstić information content (AvgIpc) is 3.68. The molecular weight excluding hydrogens is 493 g/mol. The molecule has 1 atom stereocenters. The van der Waals surface area contributed by atoms with Crippen LogP contribution in [0.25, 0.3) is 5.57 Å². The number of fused-ring (bicyclic) bond motifs is 2. The third-order valence-electron chi connectivity index (χ3n) is 6.96. The van der Waals surface area contributed by atoms with Crippen molar-refractivity contribution >= 4 is 33.1 Å². The van der Waals surface area contributed by atoms with Gasteiger partial charge in [0.1, 0.15) is 17.3 Å². The summed E-state index contributed by atoms with van der Waals surface area (Å²) in [5.41, 5.74) is 8.30. The number of hydrogen-bond donors (Lipinski definition) is 0. The van der Waals surface area contributed by atoms with Crippen molar-refractivity contribution in [1.82, 2.24) is 9.80 Å². The number of halogens is 2. The maximum Gasteiger partial charge on any atom is 0.273 e. The summed E-state index contributed by atoms with van der Waals surface area (Å²) >= 11 is 3.31.